The van der Waals surface area contributed by atoms with E-state index in [0.29, 0.717) is 17.3 Å². The topological polar surface area (TPSA) is 59.2 Å². The van der Waals surface area contributed by atoms with E-state index in [1.807, 2.05) is 24.3 Å². The quantitative estimate of drug-likeness (QED) is 0.931. The van der Waals surface area contributed by atoms with Gasteiger partial charge < -0.3 is 10.6 Å². The van der Waals surface area contributed by atoms with Crippen molar-refractivity contribution in [1.29, 1.82) is 0 Å². The largest absolute Gasteiger partial charge is 0.384 e. The lowest BCUT2D eigenvalue weighted by Gasteiger charge is -2.17. The maximum absolute atomic E-state index is 12.4. The molecule has 0 atom stereocenters. The van der Waals surface area contributed by atoms with Crippen molar-refractivity contribution in [3.8, 4) is 0 Å². The highest BCUT2D eigenvalue weighted by Crippen LogP contribution is 2.18. The van der Waals surface area contributed by atoms with Crippen LogP contribution in [0.25, 0.3) is 0 Å². The molecule has 0 aliphatic rings. The molecule has 4 nitrogen and oxygen atoms in total. The Bertz CT molecular complexity index is 588. The summed E-state index contributed by atoms with van der Waals surface area (Å²) < 4.78 is 0. The molecule has 2 N–H and O–H groups in total. The first-order valence-electron chi connectivity index (χ1n) is 6.58. The Morgan fingerprint density at radius 1 is 1.15 bits per heavy atom. The fraction of sp³-hybridized carbons (Fsp3) is 0.250. The molecular weight excluding hydrogens is 250 g/mol. The summed E-state index contributed by atoms with van der Waals surface area (Å²) >= 11 is 0. The predicted octanol–water partition coefficient (Wildman–Crippen LogP) is 3.06. The summed E-state index contributed by atoms with van der Waals surface area (Å²) in [4.78, 5) is 17.9. The molecule has 0 aliphatic heterocycles. The highest BCUT2D eigenvalue weighted by molar-refractivity contribution is 6.05. The van der Waals surface area contributed by atoms with E-state index in [1.165, 1.54) is 5.56 Å². The Kier molecular flexibility index (Phi) is 4.03. The van der Waals surface area contributed by atoms with Crippen LogP contribution in [0.5, 0.6) is 0 Å². The van der Waals surface area contributed by atoms with Gasteiger partial charge in [-0.2, -0.15) is 0 Å². The molecule has 0 saturated heterocycles. The van der Waals surface area contributed by atoms with Crippen LogP contribution in [0.1, 0.15) is 35.7 Å². The number of carbonyl (C=O) groups is 1. The Hall–Kier alpha value is -2.36. The van der Waals surface area contributed by atoms with Gasteiger partial charge in [0.15, 0.2) is 0 Å². The number of aromatic nitrogens is 1. The third-order valence-corrected chi connectivity index (χ3v) is 3.29. The first-order chi connectivity index (χ1) is 9.49. The molecular formula is C16H19N3O. The van der Waals surface area contributed by atoms with E-state index in [9.17, 15) is 4.79 Å². The van der Waals surface area contributed by atoms with E-state index in [4.69, 9.17) is 5.73 Å². The standard InChI is InChI=1S/C16H19N3O/c1-11(2)12-4-6-13(7-5-12)16(20)19(3)14-8-9-15(17)18-10-14/h4-11H,1-3H3,(H2,17,18). The molecule has 1 aromatic carbocycles. The second-order valence-corrected chi connectivity index (χ2v) is 5.08. The fourth-order valence-corrected chi connectivity index (χ4v) is 1.92. The summed E-state index contributed by atoms with van der Waals surface area (Å²) in [6.07, 6.45) is 1.59. The number of nitrogens with zero attached hydrogens (tertiary/aromatic N) is 2. The summed E-state index contributed by atoms with van der Waals surface area (Å²) in [6, 6.07) is 11.2. The van der Waals surface area contributed by atoms with Crippen LogP contribution in [0.4, 0.5) is 11.5 Å². The van der Waals surface area contributed by atoms with Crippen LogP contribution in [-0.2, 0) is 0 Å². The van der Waals surface area contributed by atoms with Gasteiger partial charge in [0, 0.05) is 12.6 Å². The van der Waals surface area contributed by atoms with Gasteiger partial charge in [-0.1, -0.05) is 26.0 Å². The Morgan fingerprint density at radius 2 is 1.80 bits per heavy atom. The van der Waals surface area contributed by atoms with Crippen molar-refractivity contribution < 1.29 is 4.79 Å². The van der Waals surface area contributed by atoms with Crippen LogP contribution >= 0.6 is 0 Å². The average molecular weight is 269 g/mol. The van der Waals surface area contributed by atoms with Crippen LogP contribution in [0.15, 0.2) is 42.6 Å². The van der Waals surface area contributed by atoms with Gasteiger partial charge in [0.2, 0.25) is 0 Å². The van der Waals surface area contributed by atoms with Gasteiger partial charge in [0.25, 0.3) is 5.91 Å². The molecule has 1 aromatic heterocycles. The van der Waals surface area contributed by atoms with E-state index in [2.05, 4.69) is 18.8 Å². The molecule has 0 unspecified atom stereocenters. The number of benzene rings is 1. The monoisotopic (exact) mass is 269 g/mol. The van der Waals surface area contributed by atoms with Gasteiger partial charge in [0.05, 0.1) is 11.9 Å². The zero-order valence-corrected chi connectivity index (χ0v) is 12.0. The number of nitrogen functional groups attached to an aromatic ring is 1. The number of pyridine rings is 1. The zero-order valence-electron chi connectivity index (χ0n) is 12.0. The minimum atomic E-state index is -0.0631. The average Bonchev–Trinajstić information content (AvgIpc) is 2.46. The second kappa shape index (κ2) is 5.74. The summed E-state index contributed by atoms with van der Waals surface area (Å²) in [6.45, 7) is 4.26. The van der Waals surface area contributed by atoms with Crippen LogP contribution in [-0.4, -0.2) is 17.9 Å². The lowest BCUT2D eigenvalue weighted by Crippen LogP contribution is -2.26. The van der Waals surface area contributed by atoms with Crippen molar-refractivity contribution in [1.82, 2.24) is 4.98 Å². The molecule has 2 aromatic rings. The first kappa shape index (κ1) is 14.1. The minimum absolute atomic E-state index is 0.0631. The summed E-state index contributed by atoms with van der Waals surface area (Å²) in [5, 5.41) is 0. The first-order valence-corrected chi connectivity index (χ1v) is 6.58. The normalized spacial score (nSPS) is 10.6. The van der Waals surface area contributed by atoms with Crippen LogP contribution in [0.3, 0.4) is 0 Å². The lowest BCUT2D eigenvalue weighted by atomic mass is 10.0. The molecule has 2 rings (SSSR count). The maximum atomic E-state index is 12.4. The number of hydrogen-bond acceptors (Lipinski definition) is 3. The Labute approximate surface area is 119 Å². The van der Waals surface area contributed by atoms with Gasteiger partial charge in [-0.15, -0.1) is 0 Å². The van der Waals surface area contributed by atoms with Crippen molar-refractivity contribution in [2.75, 3.05) is 17.7 Å². The number of anilines is 2. The van der Waals surface area contributed by atoms with Crippen molar-refractivity contribution in [2.24, 2.45) is 0 Å². The van der Waals surface area contributed by atoms with E-state index >= 15 is 0 Å². The van der Waals surface area contributed by atoms with Crippen molar-refractivity contribution in [3.05, 3.63) is 53.7 Å². The van der Waals surface area contributed by atoms with E-state index in [0.717, 1.165) is 5.69 Å². The van der Waals surface area contributed by atoms with E-state index in [-0.39, 0.29) is 5.91 Å². The highest BCUT2D eigenvalue weighted by atomic mass is 16.2. The molecule has 0 radical (unpaired) electrons. The predicted molar refractivity (Wildman–Crippen MR) is 81.9 cm³/mol. The summed E-state index contributed by atoms with van der Waals surface area (Å²) in [5.74, 6) is 0.834. The molecule has 0 fully saturated rings. The van der Waals surface area contributed by atoms with Crippen molar-refractivity contribution >= 4 is 17.4 Å². The molecule has 1 heterocycles. The molecule has 1 amide bonds. The summed E-state index contributed by atoms with van der Waals surface area (Å²) in [5.41, 5.74) is 8.15. The molecule has 0 saturated carbocycles. The number of hydrogen-bond donors (Lipinski definition) is 1. The van der Waals surface area contributed by atoms with Crippen molar-refractivity contribution in [2.45, 2.75) is 19.8 Å². The van der Waals surface area contributed by atoms with Crippen molar-refractivity contribution in [3.63, 3.8) is 0 Å². The number of carbonyl (C=O) groups excluding carboxylic acids is 1. The molecule has 0 bridgehead atoms. The third kappa shape index (κ3) is 2.96. The molecule has 20 heavy (non-hydrogen) atoms. The fourth-order valence-electron chi connectivity index (χ4n) is 1.92. The molecule has 0 spiro atoms. The number of rotatable bonds is 3. The zero-order chi connectivity index (χ0) is 14.7. The second-order valence-electron chi connectivity index (χ2n) is 5.08. The number of amides is 1. The molecule has 0 aliphatic carbocycles. The van der Waals surface area contributed by atoms with Crippen LogP contribution in [0.2, 0.25) is 0 Å². The molecule has 4 heteroatoms. The minimum Gasteiger partial charge on any atom is -0.384 e. The van der Waals surface area contributed by atoms with Gasteiger partial charge in [-0.3, -0.25) is 4.79 Å². The Morgan fingerprint density at radius 3 is 2.30 bits per heavy atom. The van der Waals surface area contributed by atoms with Crippen LogP contribution < -0.4 is 10.6 Å². The number of nitrogens with two attached hydrogens (primary N) is 1. The molecule has 104 valence electrons. The van der Waals surface area contributed by atoms with Gasteiger partial charge in [0.1, 0.15) is 5.82 Å². The summed E-state index contributed by atoms with van der Waals surface area (Å²) in [7, 11) is 1.73. The lowest BCUT2D eigenvalue weighted by molar-refractivity contribution is 0.0993. The van der Waals surface area contributed by atoms with Gasteiger partial charge in [-0.25, -0.2) is 4.98 Å². The van der Waals surface area contributed by atoms with Gasteiger partial charge in [-0.05, 0) is 35.7 Å². The van der Waals surface area contributed by atoms with Crippen LogP contribution in [0, 0.1) is 0 Å². The maximum Gasteiger partial charge on any atom is 0.258 e. The van der Waals surface area contributed by atoms with Gasteiger partial charge >= 0.3 is 0 Å². The van der Waals surface area contributed by atoms with E-state index < -0.39 is 0 Å². The SMILES string of the molecule is CC(C)c1ccc(C(=O)N(C)c2ccc(N)nc2)cc1. The highest BCUT2D eigenvalue weighted by Gasteiger charge is 2.13. The Balaban J connectivity index is 2.20. The smallest absolute Gasteiger partial charge is 0.258 e. The van der Waals surface area contributed by atoms with E-state index in [1.54, 1.807) is 30.3 Å². The third-order valence-electron chi connectivity index (χ3n) is 3.29.